The van der Waals surface area contributed by atoms with Crippen molar-refractivity contribution in [3.63, 3.8) is 0 Å². The minimum absolute atomic E-state index is 0.0375. The Hall–Kier alpha value is -2.86. The fourth-order valence-electron chi connectivity index (χ4n) is 3.76. The van der Waals surface area contributed by atoms with E-state index in [1.54, 1.807) is 0 Å². The van der Waals surface area contributed by atoms with Crippen LogP contribution >= 0.6 is 0 Å². The van der Waals surface area contributed by atoms with Crippen LogP contribution in [0.15, 0.2) is 47.6 Å². The van der Waals surface area contributed by atoms with Crippen LogP contribution in [-0.4, -0.2) is 11.8 Å². The minimum atomic E-state index is 0.0375. The molecular weight excluding hydrogens is 344 g/mol. The van der Waals surface area contributed by atoms with Gasteiger partial charge in [-0.25, -0.2) is 0 Å². The van der Waals surface area contributed by atoms with Gasteiger partial charge in [-0.15, -0.1) is 0 Å². The average Bonchev–Trinajstić information content (AvgIpc) is 3.17. The molecule has 0 aliphatic heterocycles. The minimum Gasteiger partial charge on any atom is -0.490 e. The molecule has 0 spiro atoms. The monoisotopic (exact) mass is 372 g/mol. The molecule has 0 radical (unpaired) electrons. The maximum absolute atomic E-state index is 9.48. The third-order valence-electron chi connectivity index (χ3n) is 5.12. The molecule has 0 saturated heterocycles. The third-order valence-corrected chi connectivity index (χ3v) is 5.12. The van der Waals surface area contributed by atoms with Crippen LogP contribution in [0.3, 0.4) is 0 Å². The molecule has 3 heteroatoms. The Morgan fingerprint density at radius 2 is 2.07 bits per heavy atom. The fourth-order valence-corrected chi connectivity index (χ4v) is 3.76. The standard InChI is InChI=1S/C25H28N2O/c1-5-24(20-12-13-25(28-17(2)3)21(14-20)15-26)27-16-18(4)22-10-6-8-19-9-7-11-23(19)22/h6,8,10,12-14,16-17H,5,7,9,11H2,1-4H3/b18-16+,27-24?. The molecule has 0 saturated carbocycles. The van der Waals surface area contributed by atoms with E-state index in [4.69, 9.17) is 9.73 Å². The zero-order chi connectivity index (χ0) is 20.1. The van der Waals surface area contributed by atoms with E-state index in [0.29, 0.717) is 11.3 Å². The second kappa shape index (κ2) is 8.89. The van der Waals surface area contributed by atoms with Gasteiger partial charge in [0.25, 0.3) is 0 Å². The van der Waals surface area contributed by atoms with Gasteiger partial charge >= 0.3 is 0 Å². The van der Waals surface area contributed by atoms with E-state index in [-0.39, 0.29) is 6.10 Å². The number of rotatable bonds is 6. The van der Waals surface area contributed by atoms with Crippen molar-refractivity contribution in [2.24, 2.45) is 4.99 Å². The molecule has 0 fully saturated rings. The largest absolute Gasteiger partial charge is 0.490 e. The second-order valence-electron chi connectivity index (χ2n) is 7.53. The van der Waals surface area contributed by atoms with Gasteiger partial charge in [0.2, 0.25) is 0 Å². The molecule has 0 bridgehead atoms. The van der Waals surface area contributed by atoms with Crippen molar-refractivity contribution in [3.05, 3.63) is 70.4 Å². The van der Waals surface area contributed by atoms with Crippen molar-refractivity contribution in [1.82, 2.24) is 0 Å². The smallest absolute Gasteiger partial charge is 0.137 e. The Labute approximate surface area is 168 Å². The van der Waals surface area contributed by atoms with Crippen molar-refractivity contribution in [1.29, 1.82) is 5.26 Å². The Bertz CT molecular complexity index is 961. The molecule has 0 heterocycles. The zero-order valence-corrected chi connectivity index (χ0v) is 17.2. The Morgan fingerprint density at radius 3 is 2.79 bits per heavy atom. The van der Waals surface area contributed by atoms with Gasteiger partial charge in [0.1, 0.15) is 11.8 Å². The van der Waals surface area contributed by atoms with Gasteiger partial charge in [-0.3, -0.25) is 4.99 Å². The molecule has 144 valence electrons. The molecule has 2 aromatic carbocycles. The third kappa shape index (κ3) is 4.34. The van der Waals surface area contributed by atoms with Gasteiger partial charge in [0.15, 0.2) is 0 Å². The fraction of sp³-hybridized carbons (Fsp3) is 0.360. The molecular formula is C25H28N2O. The van der Waals surface area contributed by atoms with Crippen LogP contribution < -0.4 is 4.74 Å². The summed E-state index contributed by atoms with van der Waals surface area (Å²) < 4.78 is 5.73. The maximum atomic E-state index is 9.48. The summed E-state index contributed by atoms with van der Waals surface area (Å²) in [5.74, 6) is 0.628. The van der Waals surface area contributed by atoms with Gasteiger partial charge in [-0.1, -0.05) is 25.1 Å². The van der Waals surface area contributed by atoms with Crippen LogP contribution in [0.1, 0.15) is 68.4 Å². The average molecular weight is 373 g/mol. The summed E-state index contributed by atoms with van der Waals surface area (Å²) in [5, 5.41) is 9.48. The highest BCUT2D eigenvalue weighted by Gasteiger charge is 2.15. The van der Waals surface area contributed by atoms with E-state index < -0.39 is 0 Å². The van der Waals surface area contributed by atoms with Crippen LogP contribution in [-0.2, 0) is 12.8 Å². The number of hydrogen-bond acceptors (Lipinski definition) is 3. The quantitative estimate of drug-likeness (QED) is 0.576. The van der Waals surface area contributed by atoms with Gasteiger partial charge in [-0.2, -0.15) is 5.26 Å². The lowest BCUT2D eigenvalue weighted by molar-refractivity contribution is 0.241. The molecule has 28 heavy (non-hydrogen) atoms. The SMILES string of the molecule is CCC(=N/C=C(\C)c1cccc2c1CCC2)c1ccc(OC(C)C)c(C#N)c1. The van der Waals surface area contributed by atoms with Crippen molar-refractivity contribution >= 4 is 11.3 Å². The predicted octanol–water partition coefficient (Wildman–Crippen LogP) is 6.09. The molecule has 0 atom stereocenters. The van der Waals surface area contributed by atoms with Crippen molar-refractivity contribution in [2.75, 3.05) is 0 Å². The number of nitriles is 1. The number of benzene rings is 2. The zero-order valence-electron chi connectivity index (χ0n) is 17.2. The van der Waals surface area contributed by atoms with E-state index in [1.807, 2.05) is 38.2 Å². The first-order valence-corrected chi connectivity index (χ1v) is 10.1. The lowest BCUT2D eigenvalue weighted by atomic mass is 9.98. The number of aryl methyl sites for hydroxylation is 1. The Kier molecular flexibility index (Phi) is 6.31. The highest BCUT2D eigenvalue weighted by molar-refractivity contribution is 6.01. The first kappa shape index (κ1) is 19.9. The summed E-state index contributed by atoms with van der Waals surface area (Å²) in [6, 6.07) is 14.6. The van der Waals surface area contributed by atoms with E-state index in [1.165, 1.54) is 35.1 Å². The topological polar surface area (TPSA) is 45.4 Å². The lowest BCUT2D eigenvalue weighted by Gasteiger charge is -2.12. The molecule has 3 nitrogen and oxygen atoms in total. The van der Waals surface area contributed by atoms with E-state index in [2.05, 4.69) is 38.1 Å². The molecule has 1 aliphatic carbocycles. The summed E-state index contributed by atoms with van der Waals surface area (Å²) in [6.07, 6.45) is 6.38. The highest BCUT2D eigenvalue weighted by Crippen LogP contribution is 2.29. The maximum Gasteiger partial charge on any atom is 0.137 e. The van der Waals surface area contributed by atoms with Crippen LogP contribution in [0.25, 0.3) is 5.57 Å². The summed E-state index contributed by atoms with van der Waals surface area (Å²) in [4.78, 5) is 4.78. The van der Waals surface area contributed by atoms with Crippen LogP contribution in [0.5, 0.6) is 5.75 Å². The summed E-state index contributed by atoms with van der Waals surface area (Å²) in [6.45, 7) is 8.14. The van der Waals surface area contributed by atoms with Gasteiger partial charge in [0, 0.05) is 11.9 Å². The van der Waals surface area contributed by atoms with E-state index >= 15 is 0 Å². The van der Waals surface area contributed by atoms with Crippen molar-refractivity contribution < 1.29 is 4.74 Å². The molecule has 0 amide bonds. The number of hydrogen-bond donors (Lipinski definition) is 0. The molecule has 0 unspecified atom stereocenters. The number of ether oxygens (including phenoxy) is 1. The van der Waals surface area contributed by atoms with Gasteiger partial charge in [-0.05, 0) is 92.5 Å². The normalized spacial score (nSPS) is 14.1. The van der Waals surface area contributed by atoms with Crippen molar-refractivity contribution in [2.45, 2.75) is 59.5 Å². The molecule has 0 N–H and O–H groups in total. The summed E-state index contributed by atoms with van der Waals surface area (Å²) in [5.41, 5.74) is 7.94. The van der Waals surface area contributed by atoms with Crippen LogP contribution in [0.2, 0.25) is 0 Å². The van der Waals surface area contributed by atoms with E-state index in [0.717, 1.165) is 24.1 Å². The molecule has 0 aromatic heterocycles. The summed E-state index contributed by atoms with van der Waals surface area (Å²) >= 11 is 0. The summed E-state index contributed by atoms with van der Waals surface area (Å²) in [7, 11) is 0. The first-order chi connectivity index (χ1) is 13.5. The molecule has 3 rings (SSSR count). The highest BCUT2D eigenvalue weighted by atomic mass is 16.5. The Morgan fingerprint density at radius 1 is 1.25 bits per heavy atom. The number of allylic oxidation sites excluding steroid dienone is 1. The molecule has 2 aromatic rings. The van der Waals surface area contributed by atoms with Crippen molar-refractivity contribution in [3.8, 4) is 11.8 Å². The molecule has 1 aliphatic rings. The van der Waals surface area contributed by atoms with Crippen LogP contribution in [0, 0.1) is 11.3 Å². The van der Waals surface area contributed by atoms with Gasteiger partial charge < -0.3 is 4.74 Å². The Balaban J connectivity index is 1.91. The van der Waals surface area contributed by atoms with Gasteiger partial charge in [0.05, 0.1) is 11.7 Å². The van der Waals surface area contributed by atoms with E-state index in [9.17, 15) is 5.26 Å². The number of fused-ring (bicyclic) bond motifs is 1. The predicted molar refractivity (Wildman–Crippen MR) is 116 cm³/mol. The first-order valence-electron chi connectivity index (χ1n) is 10.1. The second-order valence-corrected chi connectivity index (χ2v) is 7.53. The van der Waals surface area contributed by atoms with Crippen LogP contribution in [0.4, 0.5) is 0 Å². The lowest BCUT2D eigenvalue weighted by Crippen LogP contribution is -2.08. The number of aliphatic imine (C=N–C) groups is 1. The number of nitrogens with zero attached hydrogens (tertiary/aromatic N) is 2.